The molecule has 0 bridgehead atoms. The molecule has 0 aromatic heterocycles. The van der Waals surface area contributed by atoms with Crippen molar-refractivity contribution in [3.8, 4) is 0 Å². The molecule has 3 atom stereocenters. The number of hydrogen-bond acceptors (Lipinski definition) is 3. The lowest BCUT2D eigenvalue weighted by Crippen LogP contribution is -2.30. The fourth-order valence-corrected chi connectivity index (χ4v) is 2.38. The second-order valence-corrected chi connectivity index (χ2v) is 4.93. The second kappa shape index (κ2) is 6.41. The zero-order valence-corrected chi connectivity index (χ0v) is 10.9. The molecule has 1 aliphatic heterocycles. The summed E-state index contributed by atoms with van der Waals surface area (Å²) >= 11 is 0. The summed E-state index contributed by atoms with van der Waals surface area (Å²) in [5.41, 5.74) is -0.272. The van der Waals surface area contributed by atoms with Gasteiger partial charge in [-0.1, -0.05) is 6.07 Å². The van der Waals surface area contributed by atoms with Gasteiger partial charge in [-0.25, -0.2) is 8.78 Å². The van der Waals surface area contributed by atoms with Crippen molar-refractivity contribution < 1.29 is 18.6 Å². The average molecular weight is 271 g/mol. The Morgan fingerprint density at radius 1 is 1.42 bits per heavy atom. The number of hydrogen-bond donors (Lipinski definition) is 2. The molecule has 1 saturated heterocycles. The van der Waals surface area contributed by atoms with Crippen molar-refractivity contribution in [3.05, 3.63) is 35.4 Å². The summed E-state index contributed by atoms with van der Waals surface area (Å²) in [6.45, 7) is 3.56. The molecule has 5 heteroatoms. The predicted molar refractivity (Wildman–Crippen MR) is 67.7 cm³/mol. The summed E-state index contributed by atoms with van der Waals surface area (Å²) in [5.74, 6) is -1.04. The van der Waals surface area contributed by atoms with Crippen LogP contribution in [0.25, 0.3) is 0 Å². The van der Waals surface area contributed by atoms with Crippen LogP contribution in [0.2, 0.25) is 0 Å². The van der Waals surface area contributed by atoms with E-state index in [0.717, 1.165) is 25.2 Å². The third-order valence-corrected chi connectivity index (χ3v) is 3.61. The topological polar surface area (TPSA) is 41.5 Å². The van der Waals surface area contributed by atoms with Crippen LogP contribution in [-0.4, -0.2) is 30.9 Å². The van der Waals surface area contributed by atoms with Gasteiger partial charge in [0, 0.05) is 19.7 Å². The van der Waals surface area contributed by atoms with E-state index >= 15 is 0 Å². The van der Waals surface area contributed by atoms with Crippen LogP contribution in [0, 0.1) is 17.6 Å². The van der Waals surface area contributed by atoms with E-state index in [1.54, 1.807) is 0 Å². The van der Waals surface area contributed by atoms with Gasteiger partial charge in [0.25, 0.3) is 0 Å². The summed E-state index contributed by atoms with van der Waals surface area (Å²) in [6.07, 6.45) is -0.0214. The quantitative estimate of drug-likeness (QED) is 0.861. The molecule has 1 aromatic rings. The fraction of sp³-hybridized carbons (Fsp3) is 0.571. The van der Waals surface area contributed by atoms with Gasteiger partial charge >= 0.3 is 0 Å². The zero-order valence-electron chi connectivity index (χ0n) is 10.9. The normalized spacial score (nSPS) is 24.6. The van der Waals surface area contributed by atoms with Crippen LogP contribution in [0.5, 0.6) is 0 Å². The van der Waals surface area contributed by atoms with Gasteiger partial charge in [0.05, 0.1) is 17.8 Å². The van der Waals surface area contributed by atoms with Gasteiger partial charge in [0.15, 0.2) is 0 Å². The van der Waals surface area contributed by atoms with Gasteiger partial charge < -0.3 is 15.2 Å². The molecule has 0 radical (unpaired) electrons. The number of ether oxygens (including phenoxy) is 1. The van der Waals surface area contributed by atoms with E-state index < -0.39 is 17.7 Å². The van der Waals surface area contributed by atoms with Crippen LogP contribution >= 0.6 is 0 Å². The molecule has 3 nitrogen and oxygen atoms in total. The van der Waals surface area contributed by atoms with Crippen molar-refractivity contribution in [1.82, 2.24) is 5.32 Å². The number of nitrogens with one attached hydrogen (secondary N) is 1. The lowest BCUT2D eigenvalue weighted by Gasteiger charge is -2.17. The van der Waals surface area contributed by atoms with E-state index in [0.29, 0.717) is 12.5 Å². The van der Waals surface area contributed by atoms with E-state index in [9.17, 15) is 13.9 Å². The Morgan fingerprint density at radius 3 is 2.68 bits per heavy atom. The summed E-state index contributed by atoms with van der Waals surface area (Å²) in [6, 6.07) is 3.58. The first-order chi connectivity index (χ1) is 9.09. The van der Waals surface area contributed by atoms with Gasteiger partial charge in [-0.3, -0.25) is 0 Å². The van der Waals surface area contributed by atoms with Gasteiger partial charge in [-0.2, -0.15) is 0 Å². The highest BCUT2D eigenvalue weighted by Crippen LogP contribution is 2.21. The molecule has 106 valence electrons. The molecule has 0 amide bonds. The Kier molecular flexibility index (Phi) is 4.85. The predicted octanol–water partition coefficient (Wildman–Crippen LogP) is 2.01. The molecule has 2 N–H and O–H groups in total. The molecular formula is C14H19F2NO2. The SMILES string of the molecule is CC1OCCC1CNCC(O)c1c(F)cccc1F. The van der Waals surface area contributed by atoms with Crippen molar-refractivity contribution >= 4 is 0 Å². The Balaban J connectivity index is 1.85. The van der Waals surface area contributed by atoms with Gasteiger partial charge in [-0.05, 0) is 31.4 Å². The van der Waals surface area contributed by atoms with Crippen LogP contribution in [0.4, 0.5) is 8.78 Å². The summed E-state index contributed by atoms with van der Waals surface area (Å²) < 4.78 is 32.3. The average Bonchev–Trinajstić information content (AvgIpc) is 2.75. The first kappa shape index (κ1) is 14.4. The fourth-order valence-electron chi connectivity index (χ4n) is 2.38. The third kappa shape index (κ3) is 3.49. The maximum absolute atomic E-state index is 13.4. The maximum Gasteiger partial charge on any atom is 0.131 e. The molecule has 0 saturated carbocycles. The van der Waals surface area contributed by atoms with E-state index in [1.807, 2.05) is 6.92 Å². The molecule has 0 aliphatic carbocycles. The van der Waals surface area contributed by atoms with Crippen molar-refractivity contribution in [2.75, 3.05) is 19.7 Å². The van der Waals surface area contributed by atoms with E-state index in [1.165, 1.54) is 6.07 Å². The third-order valence-electron chi connectivity index (χ3n) is 3.61. The Morgan fingerprint density at radius 2 is 2.11 bits per heavy atom. The molecular weight excluding hydrogens is 252 g/mol. The van der Waals surface area contributed by atoms with Gasteiger partial charge in [0.2, 0.25) is 0 Å². The lowest BCUT2D eigenvalue weighted by atomic mass is 10.0. The molecule has 3 unspecified atom stereocenters. The second-order valence-electron chi connectivity index (χ2n) is 4.93. The smallest absolute Gasteiger partial charge is 0.131 e. The van der Waals surface area contributed by atoms with Crippen molar-refractivity contribution in [2.24, 2.45) is 5.92 Å². The van der Waals surface area contributed by atoms with Crippen molar-refractivity contribution in [1.29, 1.82) is 0 Å². The van der Waals surface area contributed by atoms with E-state index in [4.69, 9.17) is 4.74 Å². The van der Waals surface area contributed by atoms with Crippen molar-refractivity contribution in [3.63, 3.8) is 0 Å². The number of benzene rings is 1. The summed E-state index contributed by atoms with van der Waals surface area (Å²) in [5, 5.41) is 12.9. The molecule has 0 spiro atoms. The minimum Gasteiger partial charge on any atom is -0.387 e. The molecule has 1 heterocycles. The van der Waals surface area contributed by atoms with Crippen LogP contribution in [0.1, 0.15) is 25.0 Å². The van der Waals surface area contributed by atoms with Crippen molar-refractivity contribution in [2.45, 2.75) is 25.6 Å². The molecule has 2 rings (SSSR count). The molecule has 1 aromatic carbocycles. The molecule has 1 fully saturated rings. The van der Waals surface area contributed by atoms with Crippen LogP contribution in [0.15, 0.2) is 18.2 Å². The van der Waals surface area contributed by atoms with Crippen LogP contribution < -0.4 is 5.32 Å². The number of aliphatic hydroxyl groups is 1. The first-order valence-corrected chi connectivity index (χ1v) is 6.54. The maximum atomic E-state index is 13.4. The number of halogens is 2. The highest BCUT2D eigenvalue weighted by atomic mass is 19.1. The summed E-state index contributed by atoms with van der Waals surface area (Å²) in [7, 11) is 0. The Bertz CT molecular complexity index is 408. The molecule has 1 aliphatic rings. The highest BCUT2D eigenvalue weighted by Gasteiger charge is 2.24. The van der Waals surface area contributed by atoms with E-state index in [-0.39, 0.29) is 18.2 Å². The summed E-state index contributed by atoms with van der Waals surface area (Å²) in [4.78, 5) is 0. The van der Waals surface area contributed by atoms with Crippen LogP contribution in [-0.2, 0) is 4.74 Å². The van der Waals surface area contributed by atoms with Gasteiger partial charge in [-0.15, -0.1) is 0 Å². The highest BCUT2D eigenvalue weighted by molar-refractivity contribution is 5.22. The first-order valence-electron chi connectivity index (χ1n) is 6.54. The minimum atomic E-state index is -1.18. The lowest BCUT2D eigenvalue weighted by molar-refractivity contribution is 0.103. The number of rotatable bonds is 5. The molecule has 19 heavy (non-hydrogen) atoms. The van der Waals surface area contributed by atoms with Crippen LogP contribution in [0.3, 0.4) is 0 Å². The largest absolute Gasteiger partial charge is 0.387 e. The standard InChI is InChI=1S/C14H19F2NO2/c1-9-10(5-6-19-9)7-17-8-13(18)14-11(15)3-2-4-12(14)16/h2-4,9-10,13,17-18H,5-8H2,1H3. The van der Waals surface area contributed by atoms with Gasteiger partial charge in [0.1, 0.15) is 11.6 Å². The minimum absolute atomic E-state index is 0.126. The zero-order chi connectivity index (χ0) is 13.8. The Labute approximate surface area is 111 Å². The monoisotopic (exact) mass is 271 g/mol. The Hall–Kier alpha value is -1.04. The number of aliphatic hydroxyl groups excluding tert-OH is 1. The van der Waals surface area contributed by atoms with E-state index in [2.05, 4.69) is 5.32 Å².